The molecule has 0 fully saturated rings. The van der Waals surface area contributed by atoms with Crippen molar-refractivity contribution >= 4 is 5.69 Å². The summed E-state index contributed by atoms with van der Waals surface area (Å²) in [6.45, 7) is 2.50. The first-order valence-electron chi connectivity index (χ1n) is 4.77. The van der Waals surface area contributed by atoms with Crippen molar-refractivity contribution in [1.82, 2.24) is 0 Å². The van der Waals surface area contributed by atoms with Crippen molar-refractivity contribution in [3.63, 3.8) is 0 Å². The summed E-state index contributed by atoms with van der Waals surface area (Å²) >= 11 is 0. The maximum absolute atomic E-state index is 13.3. The average Bonchev–Trinajstić information content (AvgIpc) is 2.72. The molecule has 0 aliphatic rings. The van der Waals surface area contributed by atoms with Crippen LogP contribution in [0.2, 0.25) is 0 Å². The van der Waals surface area contributed by atoms with Crippen LogP contribution in [0.3, 0.4) is 0 Å². The van der Waals surface area contributed by atoms with Gasteiger partial charge in [-0.2, -0.15) is 0 Å². The smallest absolute Gasteiger partial charge is 0.146 e. The van der Waals surface area contributed by atoms with Gasteiger partial charge in [-0.1, -0.05) is 6.07 Å². The van der Waals surface area contributed by atoms with E-state index in [9.17, 15) is 4.39 Å². The lowest BCUT2D eigenvalue weighted by molar-refractivity contribution is 0.564. The van der Waals surface area contributed by atoms with Crippen LogP contribution in [0.15, 0.2) is 41.2 Å². The molecular weight excluding hydrogens is 193 g/mol. The van der Waals surface area contributed by atoms with Crippen LogP contribution in [0, 0.1) is 12.7 Å². The van der Waals surface area contributed by atoms with E-state index in [1.165, 1.54) is 6.07 Å². The molecule has 0 atom stereocenters. The van der Waals surface area contributed by atoms with E-state index in [0.29, 0.717) is 12.2 Å². The topological polar surface area (TPSA) is 25.2 Å². The molecule has 0 saturated heterocycles. The van der Waals surface area contributed by atoms with Crippen molar-refractivity contribution < 1.29 is 8.81 Å². The summed E-state index contributed by atoms with van der Waals surface area (Å²) in [5.41, 5.74) is 2.55. The van der Waals surface area contributed by atoms with Crippen LogP contribution < -0.4 is 5.32 Å². The Hall–Kier alpha value is -1.77. The van der Waals surface area contributed by atoms with Crippen LogP contribution >= 0.6 is 0 Å². The van der Waals surface area contributed by atoms with Crippen LogP contribution in [0.25, 0.3) is 0 Å². The molecule has 0 unspecified atom stereocenters. The third-order valence-corrected chi connectivity index (χ3v) is 2.18. The number of hydrogen-bond donors (Lipinski definition) is 1. The Morgan fingerprint density at radius 1 is 1.33 bits per heavy atom. The molecule has 1 aromatic heterocycles. The molecule has 0 bridgehead atoms. The van der Waals surface area contributed by atoms with Crippen LogP contribution in [-0.4, -0.2) is 0 Å². The standard InChI is InChI=1S/C12H12FNO/c1-9-2-3-11(13)12(6-9)14-7-10-4-5-15-8-10/h2-6,8,14H,7H2,1H3. The van der Waals surface area contributed by atoms with Gasteiger partial charge >= 0.3 is 0 Å². The second-order valence-electron chi connectivity index (χ2n) is 3.47. The molecule has 1 N–H and O–H groups in total. The summed E-state index contributed by atoms with van der Waals surface area (Å²) in [5.74, 6) is -0.232. The molecule has 3 heteroatoms. The van der Waals surface area contributed by atoms with Crippen molar-refractivity contribution in [3.8, 4) is 0 Å². The number of halogens is 1. The number of nitrogens with one attached hydrogen (secondary N) is 1. The SMILES string of the molecule is Cc1ccc(F)c(NCc2ccoc2)c1. The predicted molar refractivity (Wildman–Crippen MR) is 57.2 cm³/mol. The van der Waals surface area contributed by atoms with Gasteiger partial charge in [0.15, 0.2) is 0 Å². The molecule has 0 aliphatic heterocycles. The molecule has 2 nitrogen and oxygen atoms in total. The van der Waals surface area contributed by atoms with Gasteiger partial charge in [0.25, 0.3) is 0 Å². The normalized spacial score (nSPS) is 10.3. The number of anilines is 1. The highest BCUT2D eigenvalue weighted by atomic mass is 19.1. The lowest BCUT2D eigenvalue weighted by Crippen LogP contribution is -2.00. The third-order valence-electron chi connectivity index (χ3n) is 2.18. The fourth-order valence-electron chi connectivity index (χ4n) is 1.37. The average molecular weight is 205 g/mol. The highest BCUT2D eigenvalue weighted by Gasteiger charge is 2.01. The highest BCUT2D eigenvalue weighted by Crippen LogP contribution is 2.16. The number of rotatable bonds is 3. The van der Waals surface area contributed by atoms with Crippen molar-refractivity contribution in [2.75, 3.05) is 5.32 Å². The molecular formula is C12H12FNO. The lowest BCUT2D eigenvalue weighted by Gasteiger charge is -2.06. The van der Waals surface area contributed by atoms with Gasteiger partial charge in [0, 0.05) is 12.1 Å². The third kappa shape index (κ3) is 2.37. The molecule has 0 saturated carbocycles. The minimum Gasteiger partial charge on any atom is -0.472 e. The van der Waals surface area contributed by atoms with Crippen molar-refractivity contribution in [1.29, 1.82) is 0 Å². The summed E-state index contributed by atoms with van der Waals surface area (Å²) in [6, 6.07) is 6.85. The number of hydrogen-bond acceptors (Lipinski definition) is 2. The zero-order valence-electron chi connectivity index (χ0n) is 8.46. The molecule has 15 heavy (non-hydrogen) atoms. The van der Waals surface area contributed by atoms with E-state index < -0.39 is 0 Å². The zero-order chi connectivity index (χ0) is 10.7. The fraction of sp³-hybridized carbons (Fsp3) is 0.167. The number of furan rings is 1. The first-order valence-corrected chi connectivity index (χ1v) is 4.77. The van der Waals surface area contributed by atoms with Crippen LogP contribution in [0.4, 0.5) is 10.1 Å². The van der Waals surface area contributed by atoms with Gasteiger partial charge in [-0.05, 0) is 30.7 Å². The van der Waals surface area contributed by atoms with E-state index in [-0.39, 0.29) is 5.82 Å². The molecule has 1 aromatic carbocycles. The van der Waals surface area contributed by atoms with E-state index in [1.807, 2.05) is 13.0 Å². The van der Waals surface area contributed by atoms with Crippen molar-refractivity contribution in [2.24, 2.45) is 0 Å². The quantitative estimate of drug-likeness (QED) is 0.831. The Kier molecular flexibility index (Phi) is 2.72. The summed E-state index contributed by atoms with van der Waals surface area (Å²) in [5, 5.41) is 3.02. The number of aryl methyl sites for hydroxylation is 1. The first kappa shape index (κ1) is 9.77. The minimum atomic E-state index is -0.232. The maximum atomic E-state index is 13.3. The molecule has 78 valence electrons. The molecule has 0 aliphatic carbocycles. The summed E-state index contributed by atoms with van der Waals surface area (Å²) in [4.78, 5) is 0. The summed E-state index contributed by atoms with van der Waals surface area (Å²) < 4.78 is 18.2. The van der Waals surface area contributed by atoms with Crippen LogP contribution in [0.1, 0.15) is 11.1 Å². The molecule has 2 rings (SSSR count). The highest BCUT2D eigenvalue weighted by molar-refractivity contribution is 5.47. The Balaban J connectivity index is 2.07. The maximum Gasteiger partial charge on any atom is 0.146 e. The van der Waals surface area contributed by atoms with Gasteiger partial charge in [-0.25, -0.2) is 4.39 Å². The van der Waals surface area contributed by atoms with Gasteiger partial charge in [-0.3, -0.25) is 0 Å². The van der Waals surface area contributed by atoms with Gasteiger partial charge in [-0.15, -0.1) is 0 Å². The van der Waals surface area contributed by atoms with E-state index in [0.717, 1.165) is 11.1 Å². The lowest BCUT2D eigenvalue weighted by atomic mass is 10.2. The van der Waals surface area contributed by atoms with Gasteiger partial charge in [0.1, 0.15) is 5.82 Å². The Morgan fingerprint density at radius 2 is 2.20 bits per heavy atom. The predicted octanol–water partition coefficient (Wildman–Crippen LogP) is 3.34. The van der Waals surface area contributed by atoms with Crippen molar-refractivity contribution in [3.05, 3.63) is 53.7 Å². The monoisotopic (exact) mass is 205 g/mol. The molecule has 1 heterocycles. The second-order valence-corrected chi connectivity index (χ2v) is 3.47. The van der Waals surface area contributed by atoms with E-state index in [2.05, 4.69) is 5.32 Å². The Labute approximate surface area is 87.7 Å². The van der Waals surface area contributed by atoms with Gasteiger partial charge < -0.3 is 9.73 Å². The molecule has 0 spiro atoms. The molecule has 2 aromatic rings. The summed E-state index contributed by atoms with van der Waals surface area (Å²) in [7, 11) is 0. The number of benzene rings is 1. The minimum absolute atomic E-state index is 0.232. The van der Waals surface area contributed by atoms with Crippen molar-refractivity contribution in [2.45, 2.75) is 13.5 Å². The van der Waals surface area contributed by atoms with E-state index in [4.69, 9.17) is 4.42 Å². The first-order chi connectivity index (χ1) is 7.25. The largest absolute Gasteiger partial charge is 0.472 e. The van der Waals surface area contributed by atoms with Crippen LogP contribution in [-0.2, 0) is 6.54 Å². The second kappa shape index (κ2) is 4.17. The van der Waals surface area contributed by atoms with E-state index >= 15 is 0 Å². The van der Waals surface area contributed by atoms with E-state index in [1.54, 1.807) is 24.7 Å². The summed E-state index contributed by atoms with van der Waals surface area (Å²) in [6.07, 6.45) is 3.24. The van der Waals surface area contributed by atoms with Crippen LogP contribution in [0.5, 0.6) is 0 Å². The Morgan fingerprint density at radius 3 is 2.93 bits per heavy atom. The molecule has 0 radical (unpaired) electrons. The van der Waals surface area contributed by atoms with Gasteiger partial charge in [0.2, 0.25) is 0 Å². The fourth-order valence-corrected chi connectivity index (χ4v) is 1.37. The van der Waals surface area contributed by atoms with Gasteiger partial charge in [0.05, 0.1) is 18.2 Å². The Bertz CT molecular complexity index is 437. The zero-order valence-corrected chi connectivity index (χ0v) is 8.46. The molecule has 0 amide bonds.